The lowest BCUT2D eigenvalue weighted by Crippen LogP contribution is -2.33. The van der Waals surface area contributed by atoms with Crippen LogP contribution in [-0.4, -0.2) is 11.7 Å². The van der Waals surface area contributed by atoms with Crippen LogP contribution in [0.15, 0.2) is 204 Å². The van der Waals surface area contributed by atoms with Crippen LogP contribution in [0.5, 0.6) is 0 Å². The smallest absolute Gasteiger partial charge is 0.159 e. The summed E-state index contributed by atoms with van der Waals surface area (Å²) in [5.74, 6) is 1.55. The van der Waals surface area contributed by atoms with Gasteiger partial charge in [0, 0.05) is 53.9 Å². The highest BCUT2D eigenvalue weighted by Crippen LogP contribution is 2.40. The SMILES string of the molecule is c1ccc(C2=NC(c3cccc4ccccc34)NC(c3cccc4sc5cc(-c6ccc(N(c7ccccc7)c7ccccc7)cc6)ccc5c34)=N2)cc1. The first kappa shape index (κ1) is 31.9. The molecule has 54 heavy (non-hydrogen) atoms. The molecule has 0 saturated heterocycles. The molecule has 2 heterocycles. The van der Waals surface area contributed by atoms with Crippen molar-refractivity contribution >= 4 is 71.0 Å². The molecule has 0 aliphatic carbocycles. The minimum Gasteiger partial charge on any atom is -0.344 e. The van der Waals surface area contributed by atoms with Crippen LogP contribution in [0.4, 0.5) is 17.1 Å². The first-order chi connectivity index (χ1) is 26.8. The van der Waals surface area contributed by atoms with Gasteiger partial charge in [-0.15, -0.1) is 11.3 Å². The van der Waals surface area contributed by atoms with Crippen molar-refractivity contribution in [2.24, 2.45) is 9.98 Å². The van der Waals surface area contributed by atoms with Gasteiger partial charge in [0.05, 0.1) is 0 Å². The maximum absolute atomic E-state index is 5.20. The van der Waals surface area contributed by atoms with E-state index < -0.39 is 0 Å². The second kappa shape index (κ2) is 13.6. The molecule has 1 atom stereocenters. The number of nitrogens with one attached hydrogen (secondary N) is 1. The van der Waals surface area contributed by atoms with Gasteiger partial charge < -0.3 is 10.2 Å². The molecule has 1 unspecified atom stereocenters. The van der Waals surface area contributed by atoms with Gasteiger partial charge in [-0.2, -0.15) is 0 Å². The Morgan fingerprint density at radius 1 is 0.481 bits per heavy atom. The van der Waals surface area contributed by atoms with E-state index in [1.165, 1.54) is 42.1 Å². The van der Waals surface area contributed by atoms with Gasteiger partial charge in [-0.3, -0.25) is 0 Å². The van der Waals surface area contributed by atoms with Gasteiger partial charge in [0.1, 0.15) is 12.0 Å². The zero-order chi connectivity index (χ0) is 35.8. The number of aliphatic imine (C=N–C) groups is 2. The summed E-state index contributed by atoms with van der Waals surface area (Å²) in [6.45, 7) is 0. The van der Waals surface area contributed by atoms with Crippen molar-refractivity contribution in [3.8, 4) is 11.1 Å². The van der Waals surface area contributed by atoms with Gasteiger partial charge in [-0.25, -0.2) is 9.98 Å². The average molecular weight is 711 g/mol. The summed E-state index contributed by atoms with van der Waals surface area (Å²) in [6, 6.07) is 68.6. The lowest BCUT2D eigenvalue weighted by molar-refractivity contribution is 0.680. The van der Waals surface area contributed by atoms with E-state index >= 15 is 0 Å². The van der Waals surface area contributed by atoms with E-state index in [0.717, 1.165) is 45.4 Å². The van der Waals surface area contributed by atoms with Crippen molar-refractivity contribution in [1.29, 1.82) is 0 Å². The largest absolute Gasteiger partial charge is 0.344 e. The number of hydrogen-bond donors (Lipinski definition) is 1. The van der Waals surface area contributed by atoms with Crippen LogP contribution in [-0.2, 0) is 0 Å². The fourth-order valence-corrected chi connectivity index (χ4v) is 8.73. The van der Waals surface area contributed by atoms with Gasteiger partial charge >= 0.3 is 0 Å². The maximum Gasteiger partial charge on any atom is 0.159 e. The fraction of sp³-hybridized carbons (Fsp3) is 0.0204. The van der Waals surface area contributed by atoms with E-state index in [0.29, 0.717) is 0 Å². The zero-order valence-electron chi connectivity index (χ0n) is 29.3. The summed E-state index contributed by atoms with van der Waals surface area (Å²) in [7, 11) is 0. The molecule has 0 saturated carbocycles. The monoisotopic (exact) mass is 710 g/mol. The first-order valence-electron chi connectivity index (χ1n) is 18.2. The number of nitrogens with zero attached hydrogens (tertiary/aromatic N) is 3. The second-order valence-electron chi connectivity index (χ2n) is 13.4. The van der Waals surface area contributed by atoms with Crippen LogP contribution < -0.4 is 10.2 Å². The van der Waals surface area contributed by atoms with Crippen molar-refractivity contribution in [3.63, 3.8) is 0 Å². The third-order valence-corrected chi connectivity index (χ3v) is 11.3. The Balaban J connectivity index is 1.03. The normalized spacial score (nSPS) is 14.1. The van der Waals surface area contributed by atoms with E-state index in [9.17, 15) is 0 Å². The predicted octanol–water partition coefficient (Wildman–Crippen LogP) is 12.8. The van der Waals surface area contributed by atoms with E-state index in [2.05, 4.69) is 186 Å². The maximum atomic E-state index is 5.20. The number of fused-ring (bicyclic) bond motifs is 4. The van der Waals surface area contributed by atoms with Gasteiger partial charge in [0.25, 0.3) is 0 Å². The van der Waals surface area contributed by atoms with Crippen molar-refractivity contribution in [2.75, 3.05) is 4.90 Å². The van der Waals surface area contributed by atoms with Crippen molar-refractivity contribution < 1.29 is 0 Å². The molecule has 8 aromatic carbocycles. The highest BCUT2D eigenvalue weighted by molar-refractivity contribution is 7.26. The molecule has 9 aromatic rings. The molecule has 1 aliphatic heterocycles. The summed E-state index contributed by atoms with van der Waals surface area (Å²) >= 11 is 1.83. The summed E-state index contributed by atoms with van der Waals surface area (Å²) < 4.78 is 2.47. The van der Waals surface area contributed by atoms with Gasteiger partial charge in [-0.1, -0.05) is 146 Å². The Hall–Kier alpha value is -6.82. The standard InChI is InChI=1S/C49H34N4S/c1-4-15-35(16-5-1)47-50-48(41-23-12-17-34-14-10-11-22-40(34)41)52-49(51-47)43-24-13-25-44-46(43)42-31-28-36(32-45(42)54-44)33-26-29-39(30-27-33)53(37-18-6-2-7-19-37)38-20-8-3-9-21-38/h1-32,48H,(H,50,51,52). The topological polar surface area (TPSA) is 40.0 Å². The van der Waals surface area contributed by atoms with Gasteiger partial charge in [0.2, 0.25) is 0 Å². The molecule has 0 fully saturated rings. The first-order valence-corrected chi connectivity index (χ1v) is 19.0. The number of hydrogen-bond acceptors (Lipinski definition) is 5. The Labute approximate surface area is 318 Å². The zero-order valence-corrected chi connectivity index (χ0v) is 30.1. The molecular formula is C49H34N4S. The molecule has 1 aliphatic rings. The summed E-state index contributed by atoms with van der Waals surface area (Å²) in [4.78, 5) is 12.7. The Kier molecular flexibility index (Phi) is 8.04. The Morgan fingerprint density at radius 3 is 1.87 bits per heavy atom. The summed E-state index contributed by atoms with van der Waals surface area (Å²) in [5, 5.41) is 8.57. The quantitative estimate of drug-likeness (QED) is 0.179. The minimum atomic E-state index is -0.298. The van der Waals surface area contributed by atoms with Crippen molar-refractivity contribution in [2.45, 2.75) is 6.17 Å². The van der Waals surface area contributed by atoms with E-state index in [1.807, 2.05) is 29.5 Å². The van der Waals surface area contributed by atoms with E-state index in [1.54, 1.807) is 0 Å². The van der Waals surface area contributed by atoms with Crippen LogP contribution in [0.2, 0.25) is 0 Å². The third kappa shape index (κ3) is 5.81. The number of thiophene rings is 1. The molecule has 4 nitrogen and oxygen atoms in total. The molecule has 10 rings (SSSR count). The molecule has 0 bridgehead atoms. The van der Waals surface area contributed by atoms with Crippen LogP contribution >= 0.6 is 11.3 Å². The minimum absolute atomic E-state index is 0.298. The number of benzene rings is 8. The van der Waals surface area contributed by atoms with Gasteiger partial charge in [-0.05, 0) is 70.4 Å². The third-order valence-electron chi connectivity index (χ3n) is 10.1. The van der Waals surface area contributed by atoms with Crippen LogP contribution in [0.3, 0.4) is 0 Å². The Bertz CT molecular complexity index is 2800. The van der Waals surface area contributed by atoms with Crippen LogP contribution in [0, 0.1) is 0 Å². The number of para-hydroxylation sites is 2. The highest BCUT2D eigenvalue weighted by Gasteiger charge is 2.24. The van der Waals surface area contributed by atoms with Crippen molar-refractivity contribution in [3.05, 3.63) is 211 Å². The van der Waals surface area contributed by atoms with E-state index in [-0.39, 0.29) is 6.17 Å². The molecular weight excluding hydrogens is 677 g/mol. The number of rotatable bonds is 7. The number of anilines is 3. The second-order valence-corrected chi connectivity index (χ2v) is 14.5. The summed E-state index contributed by atoms with van der Waals surface area (Å²) in [5.41, 5.74) is 8.94. The molecule has 0 spiro atoms. The molecule has 0 radical (unpaired) electrons. The average Bonchev–Trinajstić information content (AvgIpc) is 3.63. The molecule has 256 valence electrons. The van der Waals surface area contributed by atoms with Crippen LogP contribution in [0.25, 0.3) is 42.1 Å². The predicted molar refractivity (Wildman–Crippen MR) is 229 cm³/mol. The van der Waals surface area contributed by atoms with Gasteiger partial charge in [0.15, 0.2) is 5.84 Å². The number of amidine groups is 2. The lowest BCUT2D eigenvalue weighted by atomic mass is 9.99. The fourth-order valence-electron chi connectivity index (χ4n) is 7.56. The molecule has 1 N–H and O–H groups in total. The summed E-state index contributed by atoms with van der Waals surface area (Å²) in [6.07, 6.45) is -0.298. The van der Waals surface area contributed by atoms with Crippen molar-refractivity contribution in [1.82, 2.24) is 5.32 Å². The molecule has 1 aromatic heterocycles. The lowest BCUT2D eigenvalue weighted by Gasteiger charge is -2.25. The van der Waals surface area contributed by atoms with Crippen LogP contribution in [0.1, 0.15) is 22.9 Å². The Morgan fingerprint density at radius 2 is 1.11 bits per heavy atom. The highest BCUT2D eigenvalue weighted by atomic mass is 32.1. The molecule has 0 amide bonds. The van der Waals surface area contributed by atoms with E-state index in [4.69, 9.17) is 9.98 Å². The molecule has 5 heteroatoms.